The summed E-state index contributed by atoms with van der Waals surface area (Å²) in [6, 6.07) is 7.13. The first kappa shape index (κ1) is 14.3. The van der Waals surface area contributed by atoms with Gasteiger partial charge in [0, 0.05) is 31.1 Å². The van der Waals surface area contributed by atoms with Gasteiger partial charge in [0.15, 0.2) is 11.5 Å². The van der Waals surface area contributed by atoms with Gasteiger partial charge in [-0.25, -0.2) is 0 Å². The first-order valence-corrected chi connectivity index (χ1v) is 8.72. The van der Waals surface area contributed by atoms with Crippen molar-refractivity contribution in [1.29, 1.82) is 0 Å². The van der Waals surface area contributed by atoms with Crippen LogP contribution in [0.5, 0.6) is 11.5 Å². The standard InChI is InChI=1S/C18H26N2O2/c1-3-15(18-17(4-1)21-9-2-10-22-18)12-19-11-14-7-8-20(13-14)16-5-6-16/h1,3-4,14,16,19H,2,5-13H2. The largest absolute Gasteiger partial charge is 0.490 e. The molecule has 0 amide bonds. The molecule has 1 unspecified atom stereocenters. The van der Waals surface area contributed by atoms with Crippen LogP contribution in [0.15, 0.2) is 18.2 Å². The van der Waals surface area contributed by atoms with Crippen molar-refractivity contribution in [3.63, 3.8) is 0 Å². The van der Waals surface area contributed by atoms with Gasteiger partial charge in [0.25, 0.3) is 0 Å². The Morgan fingerprint density at radius 1 is 1.14 bits per heavy atom. The average Bonchev–Trinajstić information content (AvgIpc) is 3.32. The van der Waals surface area contributed by atoms with E-state index < -0.39 is 0 Å². The number of nitrogens with zero attached hydrogens (tertiary/aromatic N) is 1. The Balaban J connectivity index is 1.30. The van der Waals surface area contributed by atoms with Gasteiger partial charge in [-0.05, 0) is 44.3 Å². The highest BCUT2D eigenvalue weighted by Crippen LogP contribution is 2.33. The number of fused-ring (bicyclic) bond motifs is 1. The summed E-state index contributed by atoms with van der Waals surface area (Å²) >= 11 is 0. The number of hydrogen-bond acceptors (Lipinski definition) is 4. The summed E-state index contributed by atoms with van der Waals surface area (Å²) in [5.74, 6) is 2.65. The molecule has 0 bridgehead atoms. The molecule has 0 aromatic heterocycles. The highest BCUT2D eigenvalue weighted by Gasteiger charge is 2.34. The molecule has 1 aromatic carbocycles. The fourth-order valence-corrected chi connectivity index (χ4v) is 3.60. The third kappa shape index (κ3) is 3.23. The van der Waals surface area contributed by atoms with Gasteiger partial charge in [0.1, 0.15) is 0 Å². The normalized spacial score (nSPS) is 25.2. The number of likely N-dealkylation sites (tertiary alicyclic amines) is 1. The molecule has 4 heteroatoms. The van der Waals surface area contributed by atoms with E-state index in [2.05, 4.69) is 22.3 Å². The van der Waals surface area contributed by atoms with Gasteiger partial charge >= 0.3 is 0 Å². The molecule has 1 aromatic rings. The Morgan fingerprint density at radius 2 is 2.05 bits per heavy atom. The van der Waals surface area contributed by atoms with Crippen LogP contribution in [-0.4, -0.2) is 43.8 Å². The molecule has 120 valence electrons. The Bertz CT molecular complexity index is 516. The van der Waals surface area contributed by atoms with Gasteiger partial charge in [-0.2, -0.15) is 0 Å². The van der Waals surface area contributed by atoms with Crippen molar-refractivity contribution in [1.82, 2.24) is 10.2 Å². The molecule has 4 rings (SSSR count). The quantitative estimate of drug-likeness (QED) is 0.906. The predicted molar refractivity (Wildman–Crippen MR) is 86.5 cm³/mol. The van der Waals surface area contributed by atoms with Gasteiger partial charge < -0.3 is 19.7 Å². The zero-order chi connectivity index (χ0) is 14.8. The summed E-state index contributed by atoms with van der Waals surface area (Å²) < 4.78 is 11.6. The molecular weight excluding hydrogens is 276 g/mol. The number of ether oxygens (including phenoxy) is 2. The smallest absolute Gasteiger partial charge is 0.165 e. The van der Waals surface area contributed by atoms with E-state index in [0.717, 1.165) is 56.2 Å². The topological polar surface area (TPSA) is 33.7 Å². The van der Waals surface area contributed by atoms with Crippen LogP contribution >= 0.6 is 0 Å². The zero-order valence-electron chi connectivity index (χ0n) is 13.2. The second-order valence-electron chi connectivity index (χ2n) is 6.81. The van der Waals surface area contributed by atoms with E-state index in [4.69, 9.17) is 9.47 Å². The molecule has 1 aliphatic carbocycles. The fourth-order valence-electron chi connectivity index (χ4n) is 3.60. The lowest BCUT2D eigenvalue weighted by atomic mass is 10.1. The monoisotopic (exact) mass is 302 g/mol. The second kappa shape index (κ2) is 6.47. The Morgan fingerprint density at radius 3 is 2.95 bits per heavy atom. The maximum absolute atomic E-state index is 5.89. The minimum Gasteiger partial charge on any atom is -0.490 e. The van der Waals surface area contributed by atoms with Crippen LogP contribution in [0.2, 0.25) is 0 Å². The second-order valence-corrected chi connectivity index (χ2v) is 6.81. The lowest BCUT2D eigenvalue weighted by Gasteiger charge is -2.16. The van der Waals surface area contributed by atoms with Crippen LogP contribution in [0.1, 0.15) is 31.2 Å². The molecule has 1 atom stereocenters. The lowest BCUT2D eigenvalue weighted by Crippen LogP contribution is -2.27. The summed E-state index contributed by atoms with van der Waals surface area (Å²) in [6.07, 6.45) is 5.15. The molecule has 1 saturated heterocycles. The zero-order valence-corrected chi connectivity index (χ0v) is 13.2. The van der Waals surface area contributed by atoms with Gasteiger partial charge in [-0.3, -0.25) is 0 Å². The number of rotatable bonds is 5. The van der Waals surface area contributed by atoms with Crippen molar-refractivity contribution in [2.24, 2.45) is 5.92 Å². The number of hydrogen-bond donors (Lipinski definition) is 1. The SMILES string of the molecule is c1cc(CNCC2CCN(C3CC3)C2)c2c(c1)OCCCO2. The highest BCUT2D eigenvalue weighted by molar-refractivity contribution is 5.47. The van der Waals surface area contributed by atoms with Crippen LogP contribution < -0.4 is 14.8 Å². The number of benzene rings is 1. The molecule has 0 spiro atoms. The molecule has 0 radical (unpaired) electrons. The Hall–Kier alpha value is -1.26. The van der Waals surface area contributed by atoms with Crippen LogP contribution in [0.25, 0.3) is 0 Å². The van der Waals surface area contributed by atoms with Crippen molar-refractivity contribution in [3.8, 4) is 11.5 Å². The summed E-state index contributed by atoms with van der Waals surface area (Å²) in [5, 5.41) is 3.63. The molecule has 1 N–H and O–H groups in total. The van der Waals surface area contributed by atoms with Gasteiger partial charge in [-0.1, -0.05) is 12.1 Å². The Labute approximate surface area is 132 Å². The van der Waals surface area contributed by atoms with Crippen molar-refractivity contribution in [2.75, 3.05) is 32.8 Å². The molecular formula is C18H26N2O2. The molecule has 2 aliphatic heterocycles. The third-order valence-electron chi connectivity index (χ3n) is 4.98. The summed E-state index contributed by atoms with van der Waals surface area (Å²) in [5.41, 5.74) is 1.22. The molecule has 1 saturated carbocycles. The van der Waals surface area contributed by atoms with E-state index in [1.54, 1.807) is 0 Å². The number of para-hydroxylation sites is 1. The van der Waals surface area contributed by atoms with Crippen molar-refractivity contribution in [2.45, 2.75) is 38.3 Å². The molecule has 22 heavy (non-hydrogen) atoms. The third-order valence-corrected chi connectivity index (χ3v) is 4.98. The van der Waals surface area contributed by atoms with Gasteiger partial charge in [-0.15, -0.1) is 0 Å². The molecule has 2 fully saturated rings. The van der Waals surface area contributed by atoms with Crippen LogP contribution in [0, 0.1) is 5.92 Å². The van der Waals surface area contributed by atoms with E-state index in [-0.39, 0.29) is 0 Å². The van der Waals surface area contributed by atoms with E-state index in [1.165, 1.54) is 37.9 Å². The van der Waals surface area contributed by atoms with E-state index in [0.29, 0.717) is 0 Å². The summed E-state index contributed by atoms with van der Waals surface area (Å²) in [4.78, 5) is 2.68. The molecule has 2 heterocycles. The van der Waals surface area contributed by atoms with Crippen LogP contribution in [-0.2, 0) is 6.54 Å². The fraction of sp³-hybridized carbons (Fsp3) is 0.667. The first-order chi connectivity index (χ1) is 10.9. The number of nitrogens with one attached hydrogen (secondary N) is 1. The van der Waals surface area contributed by atoms with Crippen LogP contribution in [0.3, 0.4) is 0 Å². The summed E-state index contributed by atoms with van der Waals surface area (Å²) in [6.45, 7) is 6.06. The first-order valence-electron chi connectivity index (χ1n) is 8.72. The average molecular weight is 302 g/mol. The van der Waals surface area contributed by atoms with E-state index in [9.17, 15) is 0 Å². The lowest BCUT2D eigenvalue weighted by molar-refractivity contribution is 0.295. The van der Waals surface area contributed by atoms with Crippen molar-refractivity contribution in [3.05, 3.63) is 23.8 Å². The molecule has 4 nitrogen and oxygen atoms in total. The maximum atomic E-state index is 5.89. The van der Waals surface area contributed by atoms with E-state index in [1.807, 2.05) is 6.07 Å². The highest BCUT2D eigenvalue weighted by atomic mass is 16.5. The maximum Gasteiger partial charge on any atom is 0.165 e. The van der Waals surface area contributed by atoms with Gasteiger partial charge in [0.2, 0.25) is 0 Å². The molecule has 3 aliphatic rings. The van der Waals surface area contributed by atoms with Crippen LogP contribution in [0.4, 0.5) is 0 Å². The minimum atomic E-state index is 0.753. The summed E-state index contributed by atoms with van der Waals surface area (Å²) in [7, 11) is 0. The Kier molecular flexibility index (Phi) is 4.22. The predicted octanol–water partition coefficient (Wildman–Crippen LogP) is 2.42. The van der Waals surface area contributed by atoms with Gasteiger partial charge in [0.05, 0.1) is 13.2 Å². The van der Waals surface area contributed by atoms with Crippen molar-refractivity contribution < 1.29 is 9.47 Å². The van der Waals surface area contributed by atoms with E-state index >= 15 is 0 Å². The van der Waals surface area contributed by atoms with Crippen molar-refractivity contribution >= 4 is 0 Å². The minimum absolute atomic E-state index is 0.753.